The normalized spacial score (nSPS) is 24.7. The van der Waals surface area contributed by atoms with Crippen LogP contribution in [-0.2, 0) is 0 Å². The Bertz CT molecular complexity index is 1650. The quantitative estimate of drug-likeness (QED) is 0.224. The van der Waals surface area contributed by atoms with Crippen molar-refractivity contribution in [3.05, 3.63) is 95.8 Å². The van der Waals surface area contributed by atoms with Crippen molar-refractivity contribution in [3.8, 4) is 0 Å². The van der Waals surface area contributed by atoms with Crippen LogP contribution >= 0.6 is 0 Å². The van der Waals surface area contributed by atoms with E-state index in [2.05, 4.69) is 38.5 Å². The number of hydrogen-bond donors (Lipinski definition) is 4. The number of benzene rings is 2. The number of amides is 1. The molecule has 190 valence electrons. The second kappa shape index (κ2) is 8.93. The van der Waals surface area contributed by atoms with Crippen molar-refractivity contribution in [1.29, 1.82) is 0 Å². The van der Waals surface area contributed by atoms with Crippen LogP contribution in [0.1, 0.15) is 41.7 Å². The van der Waals surface area contributed by atoms with E-state index in [1.54, 1.807) is 12.4 Å². The van der Waals surface area contributed by atoms with E-state index in [-0.39, 0.29) is 10.5 Å². The Morgan fingerprint density at radius 1 is 1.05 bits per heavy atom. The third-order valence-electron chi connectivity index (χ3n) is 8.21. The lowest BCUT2D eigenvalue weighted by Crippen LogP contribution is -2.53. The van der Waals surface area contributed by atoms with Crippen LogP contribution in [0.3, 0.4) is 0 Å². The number of quaternary nitrogens is 1. The number of aromatic nitrogens is 2. The van der Waals surface area contributed by atoms with Crippen molar-refractivity contribution in [1.82, 2.24) is 15.3 Å². The van der Waals surface area contributed by atoms with Gasteiger partial charge < -0.3 is 15.3 Å². The predicted octanol–water partition coefficient (Wildman–Crippen LogP) is 5.10. The molecule has 0 radical (unpaired) electrons. The van der Waals surface area contributed by atoms with Crippen LogP contribution in [0.15, 0.2) is 94.6 Å². The van der Waals surface area contributed by atoms with E-state index in [1.165, 1.54) is 0 Å². The molecule has 5 N–H and O–H groups in total. The Balaban J connectivity index is 1.06. The lowest BCUT2D eigenvalue weighted by Gasteiger charge is -2.29. The van der Waals surface area contributed by atoms with Gasteiger partial charge in [0.15, 0.2) is 0 Å². The topological polar surface area (TPSA) is 111 Å². The van der Waals surface area contributed by atoms with Gasteiger partial charge in [0.1, 0.15) is 17.6 Å². The molecule has 7 rings (SSSR count). The standard InChI is InChI=1S/C30H29N7O/c31-37-14-13-32-18-27(37)28(36-29(37)26-15-21-5-1-3-7-24(21)35-26)20-11-9-19(10-12-20)16-34-30(38)23-17-33-25-8-4-2-6-22(23)25/h1-8,13-15,17-20H,9-12,16,31H2,(H2-,32,33,34,35,36,38)/p+1. The molecule has 4 aromatic rings. The SMILES string of the molecule is N[N+]12C=CN=CC1=C(C1CCC(CNC(=O)c3c[nH]c4ccccc34)CC1)N=C2c1cc2ccccc2[nH]1. The first-order chi connectivity index (χ1) is 18.6. The highest BCUT2D eigenvalue weighted by Gasteiger charge is 2.46. The Morgan fingerprint density at radius 2 is 1.84 bits per heavy atom. The van der Waals surface area contributed by atoms with Crippen molar-refractivity contribution >= 4 is 39.8 Å². The first-order valence-electron chi connectivity index (χ1n) is 13.2. The number of fused-ring (bicyclic) bond motifs is 3. The molecule has 1 amide bonds. The Morgan fingerprint density at radius 3 is 2.68 bits per heavy atom. The molecule has 0 spiro atoms. The third-order valence-corrected chi connectivity index (χ3v) is 8.21. The summed E-state index contributed by atoms with van der Waals surface area (Å²) in [7, 11) is 0. The number of allylic oxidation sites excluding steroid dienone is 2. The number of rotatable bonds is 5. The number of nitrogens with one attached hydrogen (secondary N) is 3. The van der Waals surface area contributed by atoms with Gasteiger partial charge in [-0.25, -0.2) is 0 Å². The van der Waals surface area contributed by atoms with Gasteiger partial charge in [0, 0.05) is 40.5 Å². The van der Waals surface area contributed by atoms with Crippen LogP contribution in [-0.4, -0.2) is 39.1 Å². The molecule has 0 bridgehead atoms. The van der Waals surface area contributed by atoms with Gasteiger partial charge in [0.25, 0.3) is 11.7 Å². The predicted molar refractivity (Wildman–Crippen MR) is 150 cm³/mol. The second-order valence-electron chi connectivity index (χ2n) is 10.5. The fraction of sp³-hybridized carbons (Fsp3) is 0.233. The van der Waals surface area contributed by atoms with Crippen molar-refractivity contribution in [2.24, 2.45) is 27.7 Å². The van der Waals surface area contributed by atoms with E-state index >= 15 is 0 Å². The van der Waals surface area contributed by atoms with Gasteiger partial charge in [-0.15, -0.1) is 4.59 Å². The summed E-state index contributed by atoms with van der Waals surface area (Å²) < 4.78 is 0.0340. The van der Waals surface area contributed by atoms with Crippen molar-refractivity contribution in [3.63, 3.8) is 0 Å². The summed E-state index contributed by atoms with van der Waals surface area (Å²) in [6, 6.07) is 18.2. The molecule has 1 atom stereocenters. The average molecular weight is 505 g/mol. The molecule has 3 aliphatic rings. The maximum absolute atomic E-state index is 12.9. The number of hydrogen-bond acceptors (Lipinski definition) is 4. The fourth-order valence-electron chi connectivity index (χ4n) is 6.11. The zero-order valence-electron chi connectivity index (χ0n) is 21.0. The van der Waals surface area contributed by atoms with E-state index in [9.17, 15) is 4.79 Å². The number of nitrogens with two attached hydrogens (primary N) is 1. The average Bonchev–Trinajstić information content (AvgIpc) is 3.65. The van der Waals surface area contributed by atoms with E-state index < -0.39 is 0 Å². The molecular weight excluding hydrogens is 474 g/mol. The van der Waals surface area contributed by atoms with Gasteiger partial charge in [-0.1, -0.05) is 36.4 Å². The summed E-state index contributed by atoms with van der Waals surface area (Å²) >= 11 is 0. The third kappa shape index (κ3) is 3.72. The number of aromatic amines is 2. The Hall–Kier alpha value is -4.27. The molecule has 2 aromatic carbocycles. The minimum absolute atomic E-state index is 0.0201. The number of carbonyl (C=O) groups is 1. The van der Waals surface area contributed by atoms with Crippen molar-refractivity contribution in [2.45, 2.75) is 25.7 Å². The maximum atomic E-state index is 12.9. The number of nitrogens with zero attached hydrogens (tertiary/aromatic N) is 3. The zero-order valence-corrected chi connectivity index (χ0v) is 21.0. The minimum Gasteiger partial charge on any atom is -0.360 e. The first kappa shape index (κ1) is 22.9. The largest absolute Gasteiger partial charge is 0.360 e. The van der Waals surface area contributed by atoms with Crippen LogP contribution in [0.5, 0.6) is 0 Å². The molecule has 1 unspecified atom stereocenters. The zero-order chi connectivity index (χ0) is 25.7. The highest BCUT2D eigenvalue weighted by Crippen LogP contribution is 2.41. The molecular formula is C30H30N7O+. The van der Waals surface area contributed by atoms with Gasteiger partial charge in [-0.3, -0.25) is 9.79 Å². The van der Waals surface area contributed by atoms with Gasteiger partial charge in [0.05, 0.1) is 18.0 Å². The number of amidine groups is 1. The highest BCUT2D eigenvalue weighted by atomic mass is 16.1. The van der Waals surface area contributed by atoms with Crippen LogP contribution in [0.25, 0.3) is 21.8 Å². The van der Waals surface area contributed by atoms with Crippen LogP contribution in [0.2, 0.25) is 0 Å². The monoisotopic (exact) mass is 504 g/mol. The summed E-state index contributed by atoms with van der Waals surface area (Å²) in [5.41, 5.74) is 5.65. The first-order valence-corrected chi connectivity index (χ1v) is 13.2. The smallest absolute Gasteiger partial charge is 0.281 e. The van der Waals surface area contributed by atoms with Gasteiger partial charge >= 0.3 is 0 Å². The molecule has 2 aliphatic heterocycles. The van der Waals surface area contributed by atoms with Crippen molar-refractivity contribution < 1.29 is 9.39 Å². The van der Waals surface area contributed by atoms with Crippen LogP contribution in [0, 0.1) is 11.8 Å². The molecule has 0 saturated heterocycles. The summed E-state index contributed by atoms with van der Waals surface area (Å²) in [6.07, 6.45) is 11.4. The van der Waals surface area contributed by atoms with Crippen molar-refractivity contribution in [2.75, 3.05) is 6.54 Å². The highest BCUT2D eigenvalue weighted by molar-refractivity contribution is 6.06. The second-order valence-corrected chi connectivity index (χ2v) is 10.5. The van der Waals surface area contributed by atoms with E-state index in [4.69, 9.17) is 10.8 Å². The lowest BCUT2D eigenvalue weighted by atomic mass is 9.80. The number of aliphatic imine (C=N–C) groups is 2. The molecule has 38 heavy (non-hydrogen) atoms. The summed E-state index contributed by atoms with van der Waals surface area (Å²) in [5, 5.41) is 5.26. The Labute approximate surface area is 220 Å². The van der Waals surface area contributed by atoms with Gasteiger partial charge in [0.2, 0.25) is 5.70 Å². The van der Waals surface area contributed by atoms with E-state index in [0.717, 1.165) is 70.4 Å². The Kier molecular flexibility index (Phi) is 5.38. The summed E-state index contributed by atoms with van der Waals surface area (Å²) in [6.45, 7) is 0.682. The molecule has 8 nitrogen and oxygen atoms in total. The van der Waals surface area contributed by atoms with E-state index in [1.807, 2.05) is 48.8 Å². The molecule has 8 heteroatoms. The molecule has 1 saturated carbocycles. The lowest BCUT2D eigenvalue weighted by molar-refractivity contribution is -0.750. The van der Waals surface area contributed by atoms with Gasteiger partial charge in [-0.05, 0) is 49.8 Å². The summed E-state index contributed by atoms with van der Waals surface area (Å²) in [4.78, 5) is 29.1. The number of para-hydroxylation sites is 2. The number of carbonyl (C=O) groups excluding carboxylic acids is 1. The van der Waals surface area contributed by atoms with E-state index in [0.29, 0.717) is 23.9 Å². The van der Waals surface area contributed by atoms with Crippen LogP contribution in [0.4, 0.5) is 0 Å². The fourth-order valence-corrected chi connectivity index (χ4v) is 6.11. The number of H-pyrrole nitrogens is 2. The summed E-state index contributed by atoms with van der Waals surface area (Å²) in [5.74, 6) is 8.49. The molecule has 1 fully saturated rings. The minimum atomic E-state index is -0.0201. The van der Waals surface area contributed by atoms with Crippen LogP contribution < -0.4 is 11.2 Å². The molecule has 2 aromatic heterocycles. The maximum Gasteiger partial charge on any atom is 0.281 e. The molecule has 4 heterocycles. The van der Waals surface area contributed by atoms with Gasteiger partial charge in [-0.2, -0.15) is 10.8 Å². The molecule has 1 aliphatic carbocycles.